The van der Waals surface area contributed by atoms with Crippen molar-refractivity contribution in [3.05, 3.63) is 69.8 Å². The highest BCUT2D eigenvalue weighted by Gasteiger charge is 2.20. The Morgan fingerprint density at radius 1 is 1.00 bits per heavy atom. The second kappa shape index (κ2) is 6.22. The van der Waals surface area contributed by atoms with Gasteiger partial charge >= 0.3 is 0 Å². The van der Waals surface area contributed by atoms with Crippen molar-refractivity contribution in [2.45, 2.75) is 0 Å². The van der Waals surface area contributed by atoms with Crippen molar-refractivity contribution in [3.8, 4) is 0 Å². The number of amides is 1. The molecule has 22 heavy (non-hydrogen) atoms. The van der Waals surface area contributed by atoms with Gasteiger partial charge in [0.2, 0.25) is 5.96 Å². The molecule has 0 saturated heterocycles. The van der Waals surface area contributed by atoms with Crippen molar-refractivity contribution in [1.82, 2.24) is 5.32 Å². The molecule has 2 N–H and O–H groups in total. The minimum absolute atomic E-state index is 0.244. The summed E-state index contributed by atoms with van der Waals surface area (Å²) in [5, 5.41) is 6.62. The predicted molar refractivity (Wildman–Crippen MR) is 90.1 cm³/mol. The summed E-state index contributed by atoms with van der Waals surface area (Å²) in [6, 6.07) is 14.6. The van der Waals surface area contributed by atoms with Crippen LogP contribution in [0.4, 0.5) is 5.69 Å². The Hall–Kier alpha value is -2.30. The van der Waals surface area contributed by atoms with Crippen molar-refractivity contribution in [2.24, 2.45) is 4.99 Å². The molecule has 4 nitrogen and oxygen atoms in total. The maximum Gasteiger partial charge on any atom is 0.276 e. The van der Waals surface area contributed by atoms with E-state index in [2.05, 4.69) is 15.6 Å². The molecule has 1 amide bonds. The number of benzene rings is 2. The number of halogens is 2. The van der Waals surface area contributed by atoms with Gasteiger partial charge in [-0.3, -0.25) is 10.1 Å². The molecule has 1 aliphatic heterocycles. The summed E-state index contributed by atoms with van der Waals surface area (Å²) in [6.07, 6.45) is 1.57. The molecule has 3 rings (SSSR count). The Balaban J connectivity index is 1.88. The lowest BCUT2D eigenvalue weighted by Crippen LogP contribution is -2.29. The molecule has 0 fully saturated rings. The quantitative estimate of drug-likeness (QED) is 0.819. The number of para-hydroxylation sites is 1. The van der Waals surface area contributed by atoms with Crippen LogP contribution in [0, 0.1) is 0 Å². The summed E-state index contributed by atoms with van der Waals surface area (Å²) in [7, 11) is 0. The van der Waals surface area contributed by atoms with Gasteiger partial charge in [0.15, 0.2) is 0 Å². The number of guanidine groups is 1. The van der Waals surface area contributed by atoms with Crippen LogP contribution in [0.15, 0.2) is 59.2 Å². The molecule has 0 bridgehead atoms. The number of hydrogen-bond acceptors (Lipinski definition) is 3. The van der Waals surface area contributed by atoms with E-state index in [1.165, 1.54) is 0 Å². The second-order valence-corrected chi connectivity index (χ2v) is 5.38. The van der Waals surface area contributed by atoms with Gasteiger partial charge < -0.3 is 5.32 Å². The fraction of sp³-hybridized carbons (Fsp3) is 0. The zero-order valence-corrected chi connectivity index (χ0v) is 12.8. The van der Waals surface area contributed by atoms with Gasteiger partial charge in [-0.1, -0.05) is 47.5 Å². The van der Waals surface area contributed by atoms with Crippen molar-refractivity contribution >= 4 is 46.8 Å². The zero-order valence-electron chi connectivity index (χ0n) is 11.3. The second-order valence-electron chi connectivity index (χ2n) is 4.57. The third-order valence-electron chi connectivity index (χ3n) is 3.01. The lowest BCUT2D eigenvalue weighted by Gasteiger charge is -2.03. The Morgan fingerprint density at radius 3 is 2.36 bits per heavy atom. The van der Waals surface area contributed by atoms with Crippen LogP contribution in [0.2, 0.25) is 10.0 Å². The normalized spacial score (nSPS) is 15.6. The van der Waals surface area contributed by atoms with Gasteiger partial charge in [-0.25, -0.2) is 4.99 Å². The summed E-state index contributed by atoms with van der Waals surface area (Å²) < 4.78 is 0. The highest BCUT2D eigenvalue weighted by atomic mass is 35.5. The van der Waals surface area contributed by atoms with E-state index in [4.69, 9.17) is 23.2 Å². The number of nitrogens with one attached hydrogen (secondary N) is 2. The molecule has 1 aliphatic rings. The number of aliphatic imine (C=N–C) groups is 1. The van der Waals surface area contributed by atoms with Crippen molar-refractivity contribution in [3.63, 3.8) is 0 Å². The van der Waals surface area contributed by atoms with Gasteiger partial charge in [0.05, 0.1) is 0 Å². The van der Waals surface area contributed by atoms with Gasteiger partial charge in [0.25, 0.3) is 5.91 Å². The van der Waals surface area contributed by atoms with Crippen LogP contribution in [0.5, 0.6) is 0 Å². The Labute approximate surface area is 137 Å². The van der Waals surface area contributed by atoms with Crippen LogP contribution < -0.4 is 10.6 Å². The fourth-order valence-electron chi connectivity index (χ4n) is 1.97. The summed E-state index contributed by atoms with van der Waals surface area (Å²) >= 11 is 12.2. The van der Waals surface area contributed by atoms with Crippen LogP contribution >= 0.6 is 23.2 Å². The summed E-state index contributed by atoms with van der Waals surface area (Å²) in [5.41, 5.74) is 1.65. The zero-order chi connectivity index (χ0) is 15.5. The first-order valence-electron chi connectivity index (χ1n) is 6.51. The summed E-state index contributed by atoms with van der Waals surface area (Å²) in [5.74, 6) is 0.0556. The van der Waals surface area contributed by atoms with Crippen molar-refractivity contribution in [1.29, 1.82) is 0 Å². The highest BCUT2D eigenvalue weighted by molar-refractivity contribution is 6.37. The molecule has 110 valence electrons. The standard InChI is InChI=1S/C16H11Cl2N3O/c17-12-7-4-8-13(18)11(12)9-14-15(22)21-16(20-14)19-10-5-2-1-3-6-10/h1-9H,(H2,19,20,21,22)/b14-9-. The van der Waals surface area contributed by atoms with Crippen LogP contribution in [0.3, 0.4) is 0 Å². The molecule has 2 aromatic rings. The van der Waals surface area contributed by atoms with E-state index in [9.17, 15) is 4.79 Å². The third-order valence-corrected chi connectivity index (χ3v) is 3.67. The lowest BCUT2D eigenvalue weighted by molar-refractivity contribution is -0.115. The number of carbonyl (C=O) groups is 1. The molecule has 2 aromatic carbocycles. The molecule has 0 aromatic heterocycles. The third kappa shape index (κ3) is 3.13. The SMILES string of the molecule is O=C1NC(Nc2ccccc2)=N/C1=C\c1c(Cl)cccc1Cl. The molecule has 0 unspecified atom stereocenters. The van der Waals surface area contributed by atoms with E-state index in [0.717, 1.165) is 5.69 Å². The molecule has 0 atom stereocenters. The summed E-state index contributed by atoms with van der Waals surface area (Å²) in [6.45, 7) is 0. The minimum atomic E-state index is -0.311. The average Bonchev–Trinajstić information content (AvgIpc) is 2.84. The molecule has 6 heteroatoms. The maximum absolute atomic E-state index is 12.0. The van der Waals surface area contributed by atoms with E-state index in [1.807, 2.05) is 30.3 Å². The van der Waals surface area contributed by atoms with E-state index >= 15 is 0 Å². The first-order chi connectivity index (χ1) is 10.6. The van der Waals surface area contributed by atoms with E-state index in [-0.39, 0.29) is 11.6 Å². The number of hydrogen-bond donors (Lipinski definition) is 2. The van der Waals surface area contributed by atoms with Gasteiger partial charge in [0, 0.05) is 21.3 Å². The summed E-state index contributed by atoms with van der Waals surface area (Å²) in [4.78, 5) is 16.2. The largest absolute Gasteiger partial charge is 0.326 e. The molecular formula is C16H11Cl2N3O. The van der Waals surface area contributed by atoms with Crippen LogP contribution in [0.25, 0.3) is 6.08 Å². The molecule has 0 spiro atoms. The van der Waals surface area contributed by atoms with Crippen LogP contribution in [0.1, 0.15) is 5.56 Å². The first kappa shape index (κ1) is 14.6. The Kier molecular flexibility index (Phi) is 4.13. The van der Waals surface area contributed by atoms with Crippen molar-refractivity contribution < 1.29 is 4.79 Å². The van der Waals surface area contributed by atoms with E-state index < -0.39 is 0 Å². The first-order valence-corrected chi connectivity index (χ1v) is 7.27. The monoisotopic (exact) mass is 331 g/mol. The number of nitrogens with zero attached hydrogens (tertiary/aromatic N) is 1. The van der Waals surface area contributed by atoms with Crippen LogP contribution in [-0.4, -0.2) is 11.9 Å². The molecule has 1 heterocycles. The van der Waals surface area contributed by atoms with Gasteiger partial charge in [0.1, 0.15) is 5.70 Å². The number of rotatable bonds is 2. The highest BCUT2D eigenvalue weighted by Crippen LogP contribution is 2.27. The van der Waals surface area contributed by atoms with Gasteiger partial charge in [-0.15, -0.1) is 0 Å². The Morgan fingerprint density at radius 2 is 1.68 bits per heavy atom. The Bertz CT molecular complexity index is 765. The van der Waals surface area contributed by atoms with Crippen LogP contribution in [-0.2, 0) is 4.79 Å². The number of anilines is 1. The maximum atomic E-state index is 12.0. The van der Waals surface area contributed by atoms with E-state index in [0.29, 0.717) is 21.6 Å². The lowest BCUT2D eigenvalue weighted by atomic mass is 10.2. The fourth-order valence-corrected chi connectivity index (χ4v) is 2.48. The minimum Gasteiger partial charge on any atom is -0.326 e. The molecule has 0 saturated carbocycles. The smallest absolute Gasteiger partial charge is 0.276 e. The van der Waals surface area contributed by atoms with Crippen molar-refractivity contribution in [2.75, 3.05) is 5.32 Å². The molecule has 0 radical (unpaired) electrons. The molecule has 0 aliphatic carbocycles. The van der Waals surface area contributed by atoms with Gasteiger partial charge in [-0.05, 0) is 30.3 Å². The van der Waals surface area contributed by atoms with E-state index in [1.54, 1.807) is 24.3 Å². The topological polar surface area (TPSA) is 53.5 Å². The average molecular weight is 332 g/mol. The predicted octanol–water partition coefficient (Wildman–Crippen LogP) is 3.93. The molecular weight excluding hydrogens is 321 g/mol. The van der Waals surface area contributed by atoms with Gasteiger partial charge in [-0.2, -0.15) is 0 Å². The number of carbonyl (C=O) groups excluding carboxylic acids is 1.